The molecule has 0 spiro atoms. The number of carbonyl (C=O) groups is 1. The van der Waals surface area contributed by atoms with Crippen LogP contribution in [0.2, 0.25) is 0 Å². The SMILES string of the molecule is C[C@]12CC[C@H](CCCC3CCCCC3)C=C1CCC1C2CC[C@]2(C)C(=O)CCC12. The monoisotopic (exact) mass is 396 g/mol. The number of fused-ring (bicyclic) bond motifs is 5. The molecule has 29 heavy (non-hydrogen) atoms. The number of rotatable bonds is 4. The normalized spacial score (nSPS) is 45.3. The van der Waals surface area contributed by atoms with Gasteiger partial charge in [-0.05, 0) is 86.4 Å². The fourth-order valence-electron chi connectivity index (χ4n) is 8.94. The fourth-order valence-corrected chi connectivity index (χ4v) is 8.94. The molecule has 6 atom stereocenters. The molecule has 5 rings (SSSR count). The minimum Gasteiger partial charge on any atom is -0.299 e. The van der Waals surface area contributed by atoms with E-state index in [-0.39, 0.29) is 5.41 Å². The Morgan fingerprint density at radius 1 is 0.828 bits per heavy atom. The van der Waals surface area contributed by atoms with Crippen LogP contribution >= 0.6 is 0 Å². The quantitative estimate of drug-likeness (QED) is 0.442. The molecule has 162 valence electrons. The zero-order valence-electron chi connectivity index (χ0n) is 19.2. The highest BCUT2D eigenvalue weighted by Gasteiger charge is 2.58. The third kappa shape index (κ3) is 3.47. The lowest BCUT2D eigenvalue weighted by atomic mass is 9.47. The molecule has 0 radical (unpaired) electrons. The summed E-state index contributed by atoms with van der Waals surface area (Å²) in [4.78, 5) is 12.6. The predicted octanol–water partition coefficient (Wildman–Crippen LogP) is 7.89. The van der Waals surface area contributed by atoms with Gasteiger partial charge in [0.1, 0.15) is 5.78 Å². The van der Waals surface area contributed by atoms with Crippen LogP contribution in [0.4, 0.5) is 0 Å². The maximum atomic E-state index is 12.6. The van der Waals surface area contributed by atoms with E-state index >= 15 is 0 Å². The summed E-state index contributed by atoms with van der Waals surface area (Å²) >= 11 is 0. The second kappa shape index (κ2) is 7.83. The second-order valence-corrected chi connectivity index (χ2v) is 12.2. The van der Waals surface area contributed by atoms with Crippen molar-refractivity contribution in [1.82, 2.24) is 0 Å². The summed E-state index contributed by atoms with van der Waals surface area (Å²) in [5.74, 6) is 4.88. The van der Waals surface area contributed by atoms with Crippen LogP contribution in [-0.2, 0) is 4.79 Å². The second-order valence-electron chi connectivity index (χ2n) is 12.2. The number of Topliss-reactive ketones (excluding diaryl/α,β-unsaturated/α-hetero) is 1. The van der Waals surface area contributed by atoms with E-state index in [1.54, 1.807) is 0 Å². The van der Waals surface area contributed by atoms with E-state index in [0.717, 1.165) is 30.1 Å². The topological polar surface area (TPSA) is 17.1 Å². The molecular formula is C28H44O. The van der Waals surface area contributed by atoms with Crippen LogP contribution in [0.25, 0.3) is 0 Å². The molecule has 4 fully saturated rings. The number of ketones is 1. The molecule has 3 unspecified atom stereocenters. The first kappa shape index (κ1) is 20.3. The Morgan fingerprint density at radius 2 is 1.59 bits per heavy atom. The van der Waals surface area contributed by atoms with Crippen molar-refractivity contribution in [3.63, 3.8) is 0 Å². The Kier molecular flexibility index (Phi) is 5.49. The number of carbonyl (C=O) groups excluding carboxylic acids is 1. The molecule has 0 bridgehead atoms. The van der Waals surface area contributed by atoms with Crippen molar-refractivity contribution >= 4 is 5.78 Å². The highest BCUT2D eigenvalue weighted by molar-refractivity contribution is 5.87. The van der Waals surface area contributed by atoms with Gasteiger partial charge in [-0.3, -0.25) is 4.79 Å². The van der Waals surface area contributed by atoms with Crippen LogP contribution in [0, 0.1) is 40.4 Å². The van der Waals surface area contributed by atoms with Gasteiger partial charge in [0.15, 0.2) is 0 Å². The van der Waals surface area contributed by atoms with E-state index in [9.17, 15) is 4.79 Å². The van der Waals surface area contributed by atoms with Gasteiger partial charge in [0.25, 0.3) is 0 Å². The van der Waals surface area contributed by atoms with Crippen molar-refractivity contribution in [1.29, 1.82) is 0 Å². The van der Waals surface area contributed by atoms with Gasteiger partial charge in [-0.2, -0.15) is 0 Å². The van der Waals surface area contributed by atoms with Gasteiger partial charge in [0.05, 0.1) is 0 Å². The summed E-state index contributed by atoms with van der Waals surface area (Å²) in [6.07, 6.45) is 24.7. The van der Waals surface area contributed by atoms with E-state index in [2.05, 4.69) is 19.9 Å². The number of allylic oxidation sites excluding steroid dienone is 2. The maximum Gasteiger partial charge on any atom is 0.139 e. The van der Waals surface area contributed by atoms with Crippen molar-refractivity contribution in [3.8, 4) is 0 Å². The Balaban J connectivity index is 1.23. The highest BCUT2D eigenvalue weighted by Crippen LogP contribution is 2.64. The summed E-state index contributed by atoms with van der Waals surface area (Å²) in [6.45, 7) is 4.94. The van der Waals surface area contributed by atoms with Gasteiger partial charge in [-0.25, -0.2) is 0 Å². The molecule has 0 N–H and O–H groups in total. The van der Waals surface area contributed by atoms with Crippen molar-refractivity contribution < 1.29 is 4.79 Å². The Labute approximate surface area is 179 Å². The highest BCUT2D eigenvalue weighted by atomic mass is 16.1. The average Bonchev–Trinajstić information content (AvgIpc) is 3.04. The molecule has 1 nitrogen and oxygen atoms in total. The summed E-state index contributed by atoms with van der Waals surface area (Å²) in [5.41, 5.74) is 2.32. The Hall–Kier alpha value is -0.590. The van der Waals surface area contributed by atoms with Crippen molar-refractivity contribution in [2.45, 2.75) is 117 Å². The van der Waals surface area contributed by atoms with Crippen LogP contribution in [0.1, 0.15) is 117 Å². The number of hydrogen-bond donors (Lipinski definition) is 0. The molecule has 1 heteroatoms. The molecule has 5 aliphatic carbocycles. The standard InChI is InChI=1S/C28H44O/c1-27-17-15-21(10-6-9-20-7-4-3-5-8-20)19-22(27)11-12-23-24-13-14-26(29)28(24,2)18-16-25(23)27/h19-21,23-25H,3-18H2,1-2H3/t21-,23?,24?,25?,27-,28-/m0/s1. The van der Waals surface area contributed by atoms with Crippen molar-refractivity contribution in [3.05, 3.63) is 11.6 Å². The Bertz CT molecular complexity index is 655. The third-order valence-electron chi connectivity index (χ3n) is 10.8. The van der Waals surface area contributed by atoms with E-state index in [4.69, 9.17) is 0 Å². The molecule has 0 aromatic carbocycles. The lowest BCUT2D eigenvalue weighted by molar-refractivity contribution is -0.132. The van der Waals surface area contributed by atoms with Crippen molar-refractivity contribution in [2.24, 2.45) is 40.4 Å². The predicted molar refractivity (Wildman–Crippen MR) is 121 cm³/mol. The first-order valence-corrected chi connectivity index (χ1v) is 13.3. The summed E-state index contributed by atoms with van der Waals surface area (Å²) in [5, 5.41) is 0. The maximum absolute atomic E-state index is 12.6. The van der Waals surface area contributed by atoms with Gasteiger partial charge >= 0.3 is 0 Å². The van der Waals surface area contributed by atoms with Crippen LogP contribution in [0.15, 0.2) is 11.6 Å². The van der Waals surface area contributed by atoms with E-state index in [1.165, 1.54) is 96.3 Å². The largest absolute Gasteiger partial charge is 0.299 e. The molecular weight excluding hydrogens is 352 g/mol. The molecule has 0 amide bonds. The molecule has 0 saturated heterocycles. The van der Waals surface area contributed by atoms with E-state index in [0.29, 0.717) is 17.1 Å². The van der Waals surface area contributed by atoms with Crippen LogP contribution in [0.5, 0.6) is 0 Å². The summed E-state index contributed by atoms with van der Waals surface area (Å²) in [7, 11) is 0. The first-order chi connectivity index (χ1) is 14.0. The minimum atomic E-state index is 0.0368. The minimum absolute atomic E-state index is 0.0368. The van der Waals surface area contributed by atoms with Crippen LogP contribution < -0.4 is 0 Å². The molecule has 5 aliphatic rings. The average molecular weight is 397 g/mol. The fraction of sp³-hybridized carbons (Fsp3) is 0.893. The molecule has 0 aromatic heterocycles. The van der Waals surface area contributed by atoms with Crippen LogP contribution in [-0.4, -0.2) is 5.78 Å². The Morgan fingerprint density at radius 3 is 2.41 bits per heavy atom. The molecule has 0 heterocycles. The lowest BCUT2D eigenvalue weighted by Gasteiger charge is -2.57. The summed E-state index contributed by atoms with van der Waals surface area (Å²) in [6, 6.07) is 0. The van der Waals surface area contributed by atoms with Gasteiger partial charge < -0.3 is 0 Å². The first-order valence-electron chi connectivity index (χ1n) is 13.3. The van der Waals surface area contributed by atoms with Gasteiger partial charge in [-0.15, -0.1) is 0 Å². The number of hydrogen-bond acceptors (Lipinski definition) is 1. The molecule has 0 aliphatic heterocycles. The van der Waals surface area contributed by atoms with Crippen molar-refractivity contribution in [2.75, 3.05) is 0 Å². The zero-order chi connectivity index (χ0) is 20.1. The van der Waals surface area contributed by atoms with Gasteiger partial charge in [-0.1, -0.05) is 70.4 Å². The van der Waals surface area contributed by atoms with Gasteiger partial charge in [0.2, 0.25) is 0 Å². The molecule has 0 aromatic rings. The third-order valence-corrected chi connectivity index (χ3v) is 10.8. The van der Waals surface area contributed by atoms with E-state index < -0.39 is 0 Å². The zero-order valence-corrected chi connectivity index (χ0v) is 19.2. The van der Waals surface area contributed by atoms with Crippen LogP contribution in [0.3, 0.4) is 0 Å². The van der Waals surface area contributed by atoms with E-state index in [1.807, 2.05) is 5.57 Å². The smallest absolute Gasteiger partial charge is 0.139 e. The lowest BCUT2D eigenvalue weighted by Crippen LogP contribution is -2.50. The van der Waals surface area contributed by atoms with Gasteiger partial charge in [0, 0.05) is 11.8 Å². The summed E-state index contributed by atoms with van der Waals surface area (Å²) < 4.78 is 0. The molecule has 4 saturated carbocycles.